The van der Waals surface area contributed by atoms with Gasteiger partial charge in [-0.15, -0.1) is 0 Å². The molecule has 1 heterocycles. The molecule has 1 unspecified atom stereocenters. The summed E-state index contributed by atoms with van der Waals surface area (Å²) in [5, 5.41) is 0.756. The molecule has 0 aliphatic carbocycles. The van der Waals surface area contributed by atoms with Gasteiger partial charge in [0.15, 0.2) is 0 Å². The monoisotopic (exact) mass is 296 g/mol. The molecule has 0 saturated heterocycles. The molecule has 0 amide bonds. The zero-order chi connectivity index (χ0) is 11.4. The van der Waals surface area contributed by atoms with E-state index in [0.717, 1.165) is 17.3 Å². The Morgan fingerprint density at radius 2 is 1.94 bits per heavy atom. The number of benzene rings is 1. The smallest absolute Gasteiger partial charge is 0.142 e. The molecule has 0 aliphatic rings. The Balaban J connectivity index is 2.11. The topological polar surface area (TPSA) is 25.8 Å². The van der Waals surface area contributed by atoms with Crippen molar-refractivity contribution in [3.05, 3.63) is 59.1 Å². The van der Waals surface area contributed by atoms with Crippen LogP contribution in [0.4, 0.5) is 0 Å². The van der Waals surface area contributed by atoms with Crippen molar-refractivity contribution < 1.29 is 0 Å². The lowest BCUT2D eigenvalue weighted by Crippen LogP contribution is -2.00. The molecule has 1 atom stereocenters. The van der Waals surface area contributed by atoms with Gasteiger partial charge >= 0.3 is 0 Å². The maximum Gasteiger partial charge on any atom is 0.142 e. The highest BCUT2D eigenvalue weighted by atomic mass is 79.9. The standard InChI is InChI=1S/C12H10BrClN2/c13-11(12-15-5-2-6-16-12)8-9-3-1-4-10(14)7-9/h1-7,11H,8H2. The number of aromatic nitrogens is 2. The van der Waals surface area contributed by atoms with Crippen LogP contribution >= 0.6 is 27.5 Å². The maximum absolute atomic E-state index is 5.93. The third kappa shape index (κ3) is 3.03. The molecule has 0 saturated carbocycles. The second-order valence-corrected chi connectivity index (χ2v) is 4.95. The summed E-state index contributed by atoms with van der Waals surface area (Å²) < 4.78 is 0. The second kappa shape index (κ2) is 5.41. The molecule has 2 aromatic rings. The minimum atomic E-state index is 0.118. The summed E-state index contributed by atoms with van der Waals surface area (Å²) in [6.45, 7) is 0. The number of nitrogens with zero attached hydrogens (tertiary/aromatic N) is 2. The molecule has 0 bridgehead atoms. The lowest BCUT2D eigenvalue weighted by atomic mass is 10.1. The van der Waals surface area contributed by atoms with Gasteiger partial charge in [0, 0.05) is 17.4 Å². The molecule has 2 nitrogen and oxygen atoms in total. The van der Waals surface area contributed by atoms with Crippen LogP contribution in [0.15, 0.2) is 42.7 Å². The first-order valence-electron chi connectivity index (χ1n) is 4.91. The van der Waals surface area contributed by atoms with Gasteiger partial charge in [-0.1, -0.05) is 39.7 Å². The normalized spacial score (nSPS) is 12.4. The fourth-order valence-corrected chi connectivity index (χ4v) is 2.26. The molecule has 0 N–H and O–H groups in total. The van der Waals surface area contributed by atoms with Crippen LogP contribution in [0.3, 0.4) is 0 Å². The highest BCUT2D eigenvalue weighted by molar-refractivity contribution is 9.09. The van der Waals surface area contributed by atoms with Crippen LogP contribution in [0.1, 0.15) is 16.2 Å². The Bertz CT molecular complexity index is 462. The number of hydrogen-bond donors (Lipinski definition) is 0. The molecule has 4 heteroatoms. The van der Waals surface area contributed by atoms with E-state index in [-0.39, 0.29) is 4.83 Å². The van der Waals surface area contributed by atoms with Gasteiger partial charge in [0.05, 0.1) is 4.83 Å². The maximum atomic E-state index is 5.93. The summed E-state index contributed by atoms with van der Waals surface area (Å²) in [6, 6.07) is 9.63. The zero-order valence-corrected chi connectivity index (χ0v) is 10.8. The van der Waals surface area contributed by atoms with E-state index in [1.165, 1.54) is 5.56 Å². The van der Waals surface area contributed by atoms with Crippen LogP contribution in [-0.2, 0) is 6.42 Å². The number of rotatable bonds is 3. The van der Waals surface area contributed by atoms with E-state index in [9.17, 15) is 0 Å². The van der Waals surface area contributed by atoms with Crippen molar-refractivity contribution in [2.45, 2.75) is 11.2 Å². The Kier molecular flexibility index (Phi) is 3.91. The highest BCUT2D eigenvalue weighted by Crippen LogP contribution is 2.24. The average molecular weight is 298 g/mol. The molecule has 82 valence electrons. The summed E-state index contributed by atoms with van der Waals surface area (Å²) in [6.07, 6.45) is 4.31. The van der Waals surface area contributed by atoms with Gasteiger partial charge in [-0.3, -0.25) is 0 Å². The second-order valence-electron chi connectivity index (χ2n) is 3.41. The molecule has 0 radical (unpaired) electrons. The van der Waals surface area contributed by atoms with Crippen molar-refractivity contribution >= 4 is 27.5 Å². The van der Waals surface area contributed by atoms with E-state index in [4.69, 9.17) is 11.6 Å². The minimum Gasteiger partial charge on any atom is -0.240 e. The lowest BCUT2D eigenvalue weighted by molar-refractivity contribution is 0.849. The molecule has 0 spiro atoms. The first-order valence-corrected chi connectivity index (χ1v) is 6.20. The van der Waals surface area contributed by atoms with E-state index in [2.05, 4.69) is 25.9 Å². The number of alkyl halides is 1. The van der Waals surface area contributed by atoms with Gasteiger partial charge in [-0.25, -0.2) is 9.97 Å². The van der Waals surface area contributed by atoms with Crippen LogP contribution in [0, 0.1) is 0 Å². The summed E-state index contributed by atoms with van der Waals surface area (Å²) in [5.74, 6) is 0.794. The van der Waals surface area contributed by atoms with Crippen molar-refractivity contribution in [2.75, 3.05) is 0 Å². The van der Waals surface area contributed by atoms with Crippen LogP contribution in [0.2, 0.25) is 5.02 Å². The van der Waals surface area contributed by atoms with Gasteiger partial charge < -0.3 is 0 Å². The molecule has 1 aromatic carbocycles. The van der Waals surface area contributed by atoms with E-state index in [1.54, 1.807) is 12.4 Å². The highest BCUT2D eigenvalue weighted by Gasteiger charge is 2.10. The predicted octanol–water partition coefficient (Wildman–Crippen LogP) is 3.81. The van der Waals surface area contributed by atoms with Crippen molar-refractivity contribution in [1.82, 2.24) is 9.97 Å². The Hall–Kier alpha value is -0.930. The van der Waals surface area contributed by atoms with Crippen LogP contribution in [0.5, 0.6) is 0 Å². The van der Waals surface area contributed by atoms with E-state index < -0.39 is 0 Å². The molecule has 0 fully saturated rings. The van der Waals surface area contributed by atoms with Gasteiger partial charge in [0.1, 0.15) is 5.82 Å². The molecular formula is C12H10BrClN2. The molecule has 2 rings (SSSR count). The van der Waals surface area contributed by atoms with Gasteiger partial charge in [-0.2, -0.15) is 0 Å². The Labute approximate surface area is 108 Å². The fraction of sp³-hybridized carbons (Fsp3) is 0.167. The Morgan fingerprint density at radius 1 is 1.19 bits per heavy atom. The molecule has 0 aliphatic heterocycles. The zero-order valence-electron chi connectivity index (χ0n) is 8.48. The first-order chi connectivity index (χ1) is 7.75. The largest absolute Gasteiger partial charge is 0.240 e. The van der Waals surface area contributed by atoms with E-state index >= 15 is 0 Å². The first kappa shape index (κ1) is 11.6. The summed E-state index contributed by atoms with van der Waals surface area (Å²) in [5.41, 5.74) is 1.17. The predicted molar refractivity (Wildman–Crippen MR) is 68.9 cm³/mol. The Morgan fingerprint density at radius 3 is 2.62 bits per heavy atom. The molecular weight excluding hydrogens is 288 g/mol. The van der Waals surface area contributed by atoms with Gasteiger partial charge in [0.2, 0.25) is 0 Å². The minimum absolute atomic E-state index is 0.118. The van der Waals surface area contributed by atoms with Crippen molar-refractivity contribution in [3.8, 4) is 0 Å². The van der Waals surface area contributed by atoms with Crippen LogP contribution in [-0.4, -0.2) is 9.97 Å². The number of hydrogen-bond acceptors (Lipinski definition) is 2. The lowest BCUT2D eigenvalue weighted by Gasteiger charge is -2.08. The average Bonchev–Trinajstić information content (AvgIpc) is 2.30. The molecule has 16 heavy (non-hydrogen) atoms. The summed E-state index contributed by atoms with van der Waals surface area (Å²) in [7, 11) is 0. The van der Waals surface area contributed by atoms with Crippen molar-refractivity contribution in [2.24, 2.45) is 0 Å². The van der Waals surface area contributed by atoms with Crippen LogP contribution in [0.25, 0.3) is 0 Å². The van der Waals surface area contributed by atoms with E-state index in [0.29, 0.717) is 0 Å². The summed E-state index contributed by atoms with van der Waals surface area (Å²) in [4.78, 5) is 8.53. The van der Waals surface area contributed by atoms with Crippen molar-refractivity contribution in [1.29, 1.82) is 0 Å². The van der Waals surface area contributed by atoms with Crippen LogP contribution < -0.4 is 0 Å². The quantitative estimate of drug-likeness (QED) is 0.805. The SMILES string of the molecule is Clc1cccc(CC(Br)c2ncccn2)c1. The summed E-state index contributed by atoms with van der Waals surface area (Å²) >= 11 is 9.51. The molecule has 1 aromatic heterocycles. The van der Waals surface area contributed by atoms with Gasteiger partial charge in [0.25, 0.3) is 0 Å². The third-order valence-corrected chi connectivity index (χ3v) is 3.14. The van der Waals surface area contributed by atoms with Gasteiger partial charge in [-0.05, 0) is 30.2 Å². The number of halogens is 2. The fourth-order valence-electron chi connectivity index (χ4n) is 1.43. The van der Waals surface area contributed by atoms with Crippen molar-refractivity contribution in [3.63, 3.8) is 0 Å². The van der Waals surface area contributed by atoms with E-state index in [1.807, 2.05) is 30.3 Å². The third-order valence-electron chi connectivity index (χ3n) is 2.17.